The Labute approximate surface area is 346 Å². The van der Waals surface area contributed by atoms with Crippen molar-refractivity contribution < 1.29 is 8.83 Å². The molecular weight excluding hydrogens is 735 g/mol. The average molecular weight is 770 g/mol. The lowest BCUT2D eigenvalue weighted by Gasteiger charge is -2.30. The van der Waals surface area contributed by atoms with Crippen molar-refractivity contribution in [1.82, 2.24) is 15.0 Å². The Morgan fingerprint density at radius 3 is 1.83 bits per heavy atom. The second-order valence-corrected chi connectivity index (χ2v) is 15.5. The van der Waals surface area contributed by atoms with Crippen LogP contribution in [0.15, 0.2) is 215 Å². The molecular formula is C55H35N3O2. The Kier molecular flexibility index (Phi) is 7.91. The van der Waals surface area contributed by atoms with E-state index in [-0.39, 0.29) is 11.8 Å². The summed E-state index contributed by atoms with van der Waals surface area (Å²) in [7, 11) is 0. The van der Waals surface area contributed by atoms with Crippen LogP contribution < -0.4 is 0 Å². The zero-order valence-electron chi connectivity index (χ0n) is 32.4. The highest BCUT2D eigenvalue weighted by atomic mass is 16.3. The van der Waals surface area contributed by atoms with Crippen LogP contribution in [0.2, 0.25) is 0 Å². The molecule has 7 aromatic carbocycles. The fourth-order valence-electron chi connectivity index (χ4n) is 9.13. The number of aromatic nitrogens is 3. The molecule has 5 nitrogen and oxygen atoms in total. The van der Waals surface area contributed by atoms with E-state index in [2.05, 4.69) is 158 Å². The number of hydrogen-bond acceptors (Lipinski definition) is 5. The standard InChI is InChI=1S/C55H35N3O2/c1-3-15-34(16-4-1)36-20-13-21-38(29-36)54-56-53(35-17-5-2-6-18-35)57-55(58-54)40-30-37-19-7-8-22-41(37)45(32-40)46-31-39(33-50-52(46)44-24-10-12-27-48(44)60-50)42-25-14-28-49-51(42)43-23-9-11-26-47(43)59-49/h1-33,41,45H. The predicted octanol–water partition coefficient (Wildman–Crippen LogP) is 14.2. The summed E-state index contributed by atoms with van der Waals surface area (Å²) in [6.07, 6.45) is 13.4. The van der Waals surface area contributed by atoms with E-state index in [0.717, 1.165) is 82.8 Å². The number of hydrogen-bond donors (Lipinski definition) is 0. The number of para-hydroxylation sites is 2. The first-order valence-electron chi connectivity index (χ1n) is 20.3. The highest BCUT2D eigenvalue weighted by Gasteiger charge is 2.31. The zero-order chi connectivity index (χ0) is 39.6. The van der Waals surface area contributed by atoms with Gasteiger partial charge in [0, 0.05) is 50.1 Å². The van der Waals surface area contributed by atoms with Crippen LogP contribution in [-0.4, -0.2) is 15.0 Å². The van der Waals surface area contributed by atoms with E-state index < -0.39 is 0 Å². The molecule has 0 N–H and O–H groups in total. The second kappa shape index (κ2) is 13.9. The summed E-state index contributed by atoms with van der Waals surface area (Å²) in [6, 6.07) is 56.6. The van der Waals surface area contributed by atoms with Crippen molar-refractivity contribution in [3.63, 3.8) is 0 Å². The van der Waals surface area contributed by atoms with Crippen molar-refractivity contribution in [3.05, 3.63) is 217 Å². The van der Waals surface area contributed by atoms with Crippen LogP contribution in [0.5, 0.6) is 0 Å². The van der Waals surface area contributed by atoms with Crippen molar-refractivity contribution in [2.45, 2.75) is 5.92 Å². The average Bonchev–Trinajstić information content (AvgIpc) is 3.90. The largest absolute Gasteiger partial charge is 0.456 e. The van der Waals surface area contributed by atoms with E-state index in [1.165, 1.54) is 11.1 Å². The van der Waals surface area contributed by atoms with Gasteiger partial charge in [-0.15, -0.1) is 0 Å². The van der Waals surface area contributed by atoms with E-state index >= 15 is 0 Å². The van der Waals surface area contributed by atoms with Gasteiger partial charge in [0.15, 0.2) is 17.5 Å². The summed E-state index contributed by atoms with van der Waals surface area (Å²) >= 11 is 0. The fourth-order valence-corrected chi connectivity index (χ4v) is 9.13. The Hall–Kier alpha value is -7.89. The normalized spacial score (nSPS) is 16.1. The van der Waals surface area contributed by atoms with Crippen LogP contribution in [0, 0.1) is 5.92 Å². The van der Waals surface area contributed by atoms with E-state index in [4.69, 9.17) is 23.8 Å². The lowest BCUT2D eigenvalue weighted by Crippen LogP contribution is -2.17. The van der Waals surface area contributed by atoms with Crippen molar-refractivity contribution in [1.29, 1.82) is 0 Å². The minimum atomic E-state index is -0.0771. The number of nitrogens with zero attached hydrogens (tertiary/aromatic N) is 3. The quantitative estimate of drug-likeness (QED) is 0.168. The van der Waals surface area contributed by atoms with Gasteiger partial charge in [-0.2, -0.15) is 0 Å². The minimum absolute atomic E-state index is 0.0771. The van der Waals surface area contributed by atoms with Gasteiger partial charge in [0.1, 0.15) is 22.3 Å². The van der Waals surface area contributed by atoms with Crippen molar-refractivity contribution in [3.8, 4) is 45.0 Å². The third-order valence-corrected chi connectivity index (χ3v) is 11.9. The molecule has 2 aliphatic rings. The third kappa shape index (κ3) is 5.74. The maximum absolute atomic E-state index is 6.72. The SMILES string of the molecule is C1=CC2=CC(c3nc(-c4ccccc4)nc(-c4cccc(-c5ccccc5)c4)n3)=CC(c3cc(-c4cccc5oc6ccccc6c45)cc4oc5ccccc5c34)C2C=C1. The highest BCUT2D eigenvalue weighted by molar-refractivity contribution is 6.14. The number of furan rings is 2. The molecule has 2 unspecified atom stereocenters. The molecule has 0 fully saturated rings. The van der Waals surface area contributed by atoms with E-state index in [1.54, 1.807) is 0 Å². The predicted molar refractivity (Wildman–Crippen MR) is 243 cm³/mol. The van der Waals surface area contributed by atoms with Gasteiger partial charge >= 0.3 is 0 Å². The first-order valence-corrected chi connectivity index (χ1v) is 20.3. The van der Waals surface area contributed by atoms with E-state index in [9.17, 15) is 0 Å². The van der Waals surface area contributed by atoms with Gasteiger partial charge in [0.2, 0.25) is 0 Å². The van der Waals surface area contributed by atoms with Gasteiger partial charge in [-0.3, -0.25) is 0 Å². The molecule has 0 saturated carbocycles. The molecule has 0 bridgehead atoms. The second-order valence-electron chi connectivity index (χ2n) is 15.5. The smallest absolute Gasteiger partial charge is 0.164 e. The summed E-state index contributed by atoms with van der Waals surface area (Å²) in [5.41, 5.74) is 13.0. The van der Waals surface area contributed by atoms with E-state index in [1.807, 2.05) is 42.5 Å². The van der Waals surface area contributed by atoms with Gasteiger partial charge < -0.3 is 8.83 Å². The van der Waals surface area contributed by atoms with Gasteiger partial charge in [0.25, 0.3) is 0 Å². The Morgan fingerprint density at radius 1 is 0.417 bits per heavy atom. The highest BCUT2D eigenvalue weighted by Crippen LogP contribution is 2.48. The van der Waals surface area contributed by atoms with Gasteiger partial charge in [-0.25, -0.2) is 15.0 Å². The molecule has 0 radical (unpaired) electrons. The van der Waals surface area contributed by atoms with Crippen LogP contribution in [0.3, 0.4) is 0 Å². The molecule has 0 aliphatic heterocycles. The fraction of sp³-hybridized carbons (Fsp3) is 0.0364. The molecule has 0 saturated heterocycles. The molecule has 10 aromatic rings. The summed E-state index contributed by atoms with van der Waals surface area (Å²) in [4.78, 5) is 15.6. The molecule has 2 atom stereocenters. The molecule has 0 amide bonds. The number of fused-ring (bicyclic) bond motifs is 7. The molecule has 5 heteroatoms. The summed E-state index contributed by atoms with van der Waals surface area (Å²) in [6.45, 7) is 0. The minimum Gasteiger partial charge on any atom is -0.456 e. The van der Waals surface area contributed by atoms with E-state index in [0.29, 0.717) is 17.5 Å². The van der Waals surface area contributed by atoms with Crippen LogP contribution in [0.4, 0.5) is 0 Å². The van der Waals surface area contributed by atoms with Gasteiger partial charge in [-0.05, 0) is 75.9 Å². The summed E-state index contributed by atoms with van der Waals surface area (Å²) in [5, 5.41) is 4.39. The maximum atomic E-state index is 6.72. The Bertz CT molecular complexity index is 3440. The topological polar surface area (TPSA) is 65.0 Å². The first-order chi connectivity index (χ1) is 29.7. The molecule has 3 heterocycles. The monoisotopic (exact) mass is 769 g/mol. The maximum Gasteiger partial charge on any atom is 0.164 e. The summed E-state index contributed by atoms with van der Waals surface area (Å²) < 4.78 is 13.1. The van der Waals surface area contributed by atoms with Gasteiger partial charge in [-0.1, -0.05) is 158 Å². The molecule has 60 heavy (non-hydrogen) atoms. The lowest BCUT2D eigenvalue weighted by molar-refractivity contribution is 0.662. The molecule has 2 aliphatic carbocycles. The van der Waals surface area contributed by atoms with Crippen molar-refractivity contribution in [2.75, 3.05) is 0 Å². The lowest BCUT2D eigenvalue weighted by atomic mass is 9.73. The van der Waals surface area contributed by atoms with Crippen LogP contribution >= 0.6 is 0 Å². The molecule has 282 valence electrons. The molecule has 12 rings (SSSR count). The zero-order valence-corrected chi connectivity index (χ0v) is 32.4. The van der Waals surface area contributed by atoms with Crippen molar-refractivity contribution in [2.24, 2.45) is 5.92 Å². The van der Waals surface area contributed by atoms with Gasteiger partial charge in [0.05, 0.1) is 0 Å². The summed E-state index contributed by atoms with van der Waals surface area (Å²) in [5.74, 6) is 1.88. The van der Waals surface area contributed by atoms with Crippen molar-refractivity contribution >= 4 is 49.5 Å². The van der Waals surface area contributed by atoms with Crippen LogP contribution in [0.25, 0.3) is 94.5 Å². The van der Waals surface area contributed by atoms with Crippen LogP contribution in [-0.2, 0) is 0 Å². The number of benzene rings is 7. The number of rotatable bonds is 6. The number of allylic oxidation sites excluding steroid dienone is 8. The van der Waals surface area contributed by atoms with Crippen LogP contribution in [0.1, 0.15) is 17.3 Å². The Balaban J connectivity index is 1.08. The molecule has 0 spiro atoms. The third-order valence-electron chi connectivity index (χ3n) is 11.9. The Morgan fingerprint density at radius 2 is 1.03 bits per heavy atom. The first kappa shape index (κ1) is 34.2. The molecule has 3 aromatic heterocycles.